The van der Waals surface area contributed by atoms with Crippen LogP contribution in [-0.2, 0) is 14.4 Å². The molecule has 0 radical (unpaired) electrons. The highest BCUT2D eigenvalue weighted by Gasteiger charge is 2.20. The van der Waals surface area contributed by atoms with Gasteiger partial charge in [-0.3, -0.25) is 14.4 Å². The van der Waals surface area contributed by atoms with Crippen LogP contribution in [0.25, 0.3) is 0 Å². The van der Waals surface area contributed by atoms with Crippen molar-refractivity contribution in [3.8, 4) is 0 Å². The summed E-state index contributed by atoms with van der Waals surface area (Å²) >= 11 is 0. The molecule has 0 aliphatic heterocycles. The molecule has 0 aromatic heterocycles. The van der Waals surface area contributed by atoms with E-state index >= 15 is 0 Å². The molecule has 0 spiro atoms. The highest BCUT2D eigenvalue weighted by atomic mass is 16.2. The molecule has 0 aliphatic carbocycles. The van der Waals surface area contributed by atoms with Crippen LogP contribution in [0.3, 0.4) is 0 Å². The Labute approximate surface area is 190 Å². The van der Waals surface area contributed by atoms with Gasteiger partial charge in [-0.1, -0.05) is 71.6 Å². The molecule has 0 bridgehead atoms. The Morgan fingerprint density at radius 2 is 1.23 bits per heavy atom. The summed E-state index contributed by atoms with van der Waals surface area (Å²) in [5.41, 5.74) is 5.25. The van der Waals surface area contributed by atoms with E-state index in [-0.39, 0.29) is 18.1 Å². The summed E-state index contributed by atoms with van der Waals surface area (Å²) in [6.45, 7) is 6.31. The minimum Gasteiger partial charge on any atom is -0.370 e. The van der Waals surface area contributed by atoms with Crippen LogP contribution in [0.1, 0.15) is 123 Å². The molecule has 4 N–H and O–H groups in total. The molecular weight excluding hydrogens is 390 g/mol. The van der Waals surface area contributed by atoms with Crippen molar-refractivity contribution < 1.29 is 14.4 Å². The van der Waals surface area contributed by atoms with E-state index in [1.54, 1.807) is 0 Å². The molecule has 0 rings (SSSR count). The molecule has 6 nitrogen and oxygen atoms in total. The SMILES string of the molecule is CCCCCCCCCCCC(=O)NC(CCC(N)=O)C(=O)CCCCNCCCC. The molecule has 0 aliphatic rings. The lowest BCUT2D eigenvalue weighted by atomic mass is 10.0. The lowest BCUT2D eigenvalue weighted by molar-refractivity contribution is -0.128. The lowest BCUT2D eigenvalue weighted by Gasteiger charge is -2.17. The molecule has 0 heterocycles. The molecule has 6 heteroatoms. The van der Waals surface area contributed by atoms with Crippen molar-refractivity contribution in [2.24, 2.45) is 5.73 Å². The normalized spacial score (nSPS) is 11.9. The minimum atomic E-state index is -0.591. The van der Waals surface area contributed by atoms with E-state index in [4.69, 9.17) is 5.73 Å². The molecule has 1 atom stereocenters. The summed E-state index contributed by atoms with van der Waals surface area (Å²) in [6.07, 6.45) is 16.2. The smallest absolute Gasteiger partial charge is 0.220 e. The summed E-state index contributed by atoms with van der Waals surface area (Å²) in [6, 6.07) is -0.591. The number of Topliss-reactive ketones (excluding diaryl/α,β-unsaturated/α-hetero) is 1. The van der Waals surface area contributed by atoms with Gasteiger partial charge >= 0.3 is 0 Å². The highest BCUT2D eigenvalue weighted by molar-refractivity contribution is 5.89. The maximum absolute atomic E-state index is 12.6. The first-order valence-electron chi connectivity index (χ1n) is 12.8. The van der Waals surface area contributed by atoms with E-state index in [2.05, 4.69) is 24.5 Å². The van der Waals surface area contributed by atoms with Gasteiger partial charge in [-0.05, 0) is 45.2 Å². The first kappa shape index (κ1) is 29.6. The zero-order chi connectivity index (χ0) is 23.2. The Kier molecular flexibility index (Phi) is 20.8. The third-order valence-corrected chi connectivity index (χ3v) is 5.64. The van der Waals surface area contributed by atoms with Crippen LogP contribution < -0.4 is 16.4 Å². The van der Waals surface area contributed by atoms with E-state index < -0.39 is 11.9 Å². The van der Waals surface area contributed by atoms with Gasteiger partial charge in [0.1, 0.15) is 0 Å². The van der Waals surface area contributed by atoms with Gasteiger partial charge in [0.2, 0.25) is 11.8 Å². The zero-order valence-electron chi connectivity index (χ0n) is 20.3. The Hall–Kier alpha value is -1.43. The van der Waals surface area contributed by atoms with Crippen molar-refractivity contribution >= 4 is 17.6 Å². The van der Waals surface area contributed by atoms with Crippen molar-refractivity contribution in [2.75, 3.05) is 13.1 Å². The molecule has 0 aromatic carbocycles. The van der Waals surface area contributed by atoms with Gasteiger partial charge in [-0.15, -0.1) is 0 Å². The fraction of sp³-hybridized carbons (Fsp3) is 0.880. The first-order chi connectivity index (χ1) is 15.0. The lowest BCUT2D eigenvalue weighted by Crippen LogP contribution is -2.41. The number of hydrogen-bond donors (Lipinski definition) is 3. The number of carbonyl (C=O) groups is 3. The molecule has 0 fully saturated rings. The summed E-state index contributed by atoms with van der Waals surface area (Å²) < 4.78 is 0. The van der Waals surface area contributed by atoms with E-state index in [1.165, 1.54) is 51.4 Å². The molecule has 0 saturated heterocycles. The number of ketones is 1. The third kappa shape index (κ3) is 20.2. The maximum Gasteiger partial charge on any atom is 0.220 e. The Bertz CT molecular complexity index is 469. The van der Waals surface area contributed by atoms with Gasteiger partial charge < -0.3 is 16.4 Å². The predicted molar refractivity (Wildman–Crippen MR) is 129 cm³/mol. The fourth-order valence-corrected chi connectivity index (χ4v) is 3.61. The number of rotatable bonds is 23. The summed E-state index contributed by atoms with van der Waals surface area (Å²) in [4.78, 5) is 36.0. The quantitative estimate of drug-likeness (QED) is 0.199. The standard InChI is InChI=1S/C25H49N3O3/c1-3-5-7-8-9-10-11-12-13-17-25(31)28-22(18-19-24(26)30)23(29)16-14-15-21-27-20-6-4-2/h22,27H,3-21H2,1-2H3,(H2,26,30)(H,28,31). The number of nitrogens with two attached hydrogens (primary N) is 1. The summed E-state index contributed by atoms with van der Waals surface area (Å²) in [7, 11) is 0. The number of hydrogen-bond acceptors (Lipinski definition) is 4. The van der Waals surface area contributed by atoms with Gasteiger partial charge in [0.05, 0.1) is 6.04 Å². The molecule has 2 amide bonds. The largest absolute Gasteiger partial charge is 0.370 e. The number of carbonyl (C=O) groups excluding carboxylic acids is 3. The van der Waals surface area contributed by atoms with E-state index in [9.17, 15) is 14.4 Å². The average Bonchev–Trinajstić information content (AvgIpc) is 2.74. The van der Waals surface area contributed by atoms with Crippen molar-refractivity contribution in [3.05, 3.63) is 0 Å². The fourth-order valence-electron chi connectivity index (χ4n) is 3.61. The van der Waals surface area contributed by atoms with Gasteiger partial charge in [-0.2, -0.15) is 0 Å². The van der Waals surface area contributed by atoms with Crippen molar-refractivity contribution in [3.63, 3.8) is 0 Å². The predicted octanol–water partition coefficient (Wildman–Crippen LogP) is 4.79. The van der Waals surface area contributed by atoms with Crippen LogP contribution >= 0.6 is 0 Å². The zero-order valence-corrected chi connectivity index (χ0v) is 20.3. The molecule has 182 valence electrons. The maximum atomic E-state index is 12.6. The Morgan fingerprint density at radius 3 is 1.84 bits per heavy atom. The molecule has 1 unspecified atom stereocenters. The molecule has 0 saturated carbocycles. The van der Waals surface area contributed by atoms with Gasteiger partial charge in [0, 0.05) is 19.3 Å². The number of primary amides is 1. The van der Waals surface area contributed by atoms with E-state index in [0.29, 0.717) is 19.3 Å². The second kappa shape index (κ2) is 21.8. The molecule has 0 aromatic rings. The third-order valence-electron chi connectivity index (χ3n) is 5.64. The minimum absolute atomic E-state index is 0.00948. The second-order valence-electron chi connectivity index (χ2n) is 8.73. The number of amides is 2. The van der Waals surface area contributed by atoms with Gasteiger partial charge in [-0.25, -0.2) is 0 Å². The van der Waals surface area contributed by atoms with Gasteiger partial charge in [0.25, 0.3) is 0 Å². The summed E-state index contributed by atoms with van der Waals surface area (Å²) in [5, 5.41) is 6.22. The van der Waals surface area contributed by atoms with Crippen LogP contribution in [0.4, 0.5) is 0 Å². The van der Waals surface area contributed by atoms with Crippen LogP contribution in [-0.4, -0.2) is 36.7 Å². The van der Waals surface area contributed by atoms with Crippen molar-refractivity contribution in [1.29, 1.82) is 0 Å². The van der Waals surface area contributed by atoms with Crippen LogP contribution in [0.5, 0.6) is 0 Å². The van der Waals surface area contributed by atoms with Gasteiger partial charge in [0.15, 0.2) is 5.78 Å². The number of nitrogens with one attached hydrogen (secondary N) is 2. The highest BCUT2D eigenvalue weighted by Crippen LogP contribution is 2.11. The van der Waals surface area contributed by atoms with Crippen LogP contribution in [0.2, 0.25) is 0 Å². The van der Waals surface area contributed by atoms with E-state index in [1.807, 2.05) is 0 Å². The topological polar surface area (TPSA) is 101 Å². The summed E-state index contributed by atoms with van der Waals surface area (Å²) in [5.74, 6) is -0.520. The van der Waals surface area contributed by atoms with Crippen molar-refractivity contribution in [2.45, 2.75) is 129 Å². The monoisotopic (exact) mass is 439 g/mol. The van der Waals surface area contributed by atoms with Crippen molar-refractivity contribution in [1.82, 2.24) is 10.6 Å². The Morgan fingerprint density at radius 1 is 0.677 bits per heavy atom. The number of unbranched alkanes of at least 4 members (excludes halogenated alkanes) is 10. The van der Waals surface area contributed by atoms with E-state index in [0.717, 1.165) is 45.2 Å². The molecular formula is C25H49N3O3. The average molecular weight is 440 g/mol. The van der Waals surface area contributed by atoms with Crippen LogP contribution in [0, 0.1) is 0 Å². The Balaban J connectivity index is 4.06. The first-order valence-corrected chi connectivity index (χ1v) is 12.8. The molecule has 31 heavy (non-hydrogen) atoms. The second-order valence-corrected chi connectivity index (χ2v) is 8.73. The van der Waals surface area contributed by atoms with Crippen LogP contribution in [0.15, 0.2) is 0 Å².